The average molecular weight is 244 g/mol. The van der Waals surface area contributed by atoms with Gasteiger partial charge < -0.3 is 19.7 Å². The summed E-state index contributed by atoms with van der Waals surface area (Å²) >= 11 is 0. The van der Waals surface area contributed by atoms with Crippen LogP contribution in [-0.2, 0) is 14.3 Å². The van der Waals surface area contributed by atoms with Gasteiger partial charge in [-0.3, -0.25) is 4.79 Å². The molecule has 1 heterocycles. The second-order valence-electron chi connectivity index (χ2n) is 4.51. The molecule has 1 rings (SSSR count). The van der Waals surface area contributed by atoms with E-state index in [1.807, 2.05) is 20.8 Å². The van der Waals surface area contributed by atoms with Crippen LogP contribution in [0.25, 0.3) is 0 Å². The Hall–Kier alpha value is -0.650. The number of likely N-dealkylation sites (N-methyl/N-ethyl adjacent to an activating group) is 1. The first-order valence-corrected chi connectivity index (χ1v) is 6.31. The lowest BCUT2D eigenvalue weighted by Gasteiger charge is -2.39. The van der Waals surface area contributed by atoms with E-state index in [0.717, 1.165) is 13.1 Å². The van der Waals surface area contributed by atoms with E-state index in [-0.39, 0.29) is 18.1 Å². The van der Waals surface area contributed by atoms with Crippen LogP contribution in [0, 0.1) is 0 Å². The first kappa shape index (κ1) is 14.4. The lowest BCUT2D eigenvalue weighted by atomic mass is 10.0. The van der Waals surface area contributed by atoms with Gasteiger partial charge in [0.2, 0.25) is 5.91 Å². The predicted molar refractivity (Wildman–Crippen MR) is 66.0 cm³/mol. The normalized spacial score (nSPS) is 17.6. The topological polar surface area (TPSA) is 50.8 Å². The van der Waals surface area contributed by atoms with Gasteiger partial charge in [-0.2, -0.15) is 0 Å². The number of carbonyl (C=O) groups excluding carboxylic acids is 1. The van der Waals surface area contributed by atoms with Gasteiger partial charge in [-0.15, -0.1) is 0 Å². The largest absolute Gasteiger partial charge is 0.380 e. The number of ether oxygens (including phenoxy) is 2. The van der Waals surface area contributed by atoms with E-state index in [4.69, 9.17) is 9.47 Å². The molecule has 0 unspecified atom stereocenters. The number of hydrogen-bond acceptors (Lipinski definition) is 4. The second-order valence-corrected chi connectivity index (χ2v) is 4.51. The molecule has 100 valence electrons. The molecular weight excluding hydrogens is 220 g/mol. The SMILES string of the molecule is CCOCCN(CC)C(=O)COC1(C)CNC1. The molecule has 1 amide bonds. The second kappa shape index (κ2) is 6.93. The standard InChI is InChI=1S/C12H24N2O3/c1-4-14(6-7-16-5-2)11(15)8-17-12(3)9-13-10-12/h13H,4-10H2,1-3H3. The minimum Gasteiger partial charge on any atom is -0.380 e. The maximum Gasteiger partial charge on any atom is 0.248 e. The maximum absolute atomic E-state index is 11.9. The van der Waals surface area contributed by atoms with Crippen LogP contribution in [0.15, 0.2) is 0 Å². The summed E-state index contributed by atoms with van der Waals surface area (Å²) in [4.78, 5) is 13.6. The molecule has 0 aromatic rings. The zero-order valence-corrected chi connectivity index (χ0v) is 11.1. The van der Waals surface area contributed by atoms with E-state index in [9.17, 15) is 4.79 Å². The van der Waals surface area contributed by atoms with Crippen LogP contribution in [0.4, 0.5) is 0 Å². The molecule has 0 atom stereocenters. The van der Waals surface area contributed by atoms with Crippen LogP contribution in [0.3, 0.4) is 0 Å². The Kier molecular flexibility index (Phi) is 5.88. The molecule has 5 nitrogen and oxygen atoms in total. The van der Waals surface area contributed by atoms with Gasteiger partial charge in [-0.25, -0.2) is 0 Å². The molecule has 1 N–H and O–H groups in total. The van der Waals surface area contributed by atoms with Crippen molar-refractivity contribution in [2.24, 2.45) is 0 Å². The molecule has 1 fully saturated rings. The molecule has 0 aromatic carbocycles. The van der Waals surface area contributed by atoms with Crippen molar-refractivity contribution in [2.45, 2.75) is 26.4 Å². The van der Waals surface area contributed by atoms with E-state index in [1.54, 1.807) is 4.90 Å². The monoisotopic (exact) mass is 244 g/mol. The molecule has 0 spiro atoms. The molecule has 1 saturated heterocycles. The van der Waals surface area contributed by atoms with Crippen LogP contribution in [0.5, 0.6) is 0 Å². The fourth-order valence-corrected chi connectivity index (χ4v) is 1.68. The first-order chi connectivity index (χ1) is 8.11. The summed E-state index contributed by atoms with van der Waals surface area (Å²) in [5, 5.41) is 3.14. The molecule has 0 bridgehead atoms. The Bertz CT molecular complexity index is 242. The van der Waals surface area contributed by atoms with Crippen LogP contribution in [0.2, 0.25) is 0 Å². The maximum atomic E-state index is 11.9. The van der Waals surface area contributed by atoms with Gasteiger partial charge in [0.05, 0.1) is 12.2 Å². The zero-order valence-electron chi connectivity index (χ0n) is 11.1. The van der Waals surface area contributed by atoms with E-state index in [1.165, 1.54) is 0 Å². The molecule has 0 radical (unpaired) electrons. The summed E-state index contributed by atoms with van der Waals surface area (Å²) in [6.45, 7) is 10.4. The van der Waals surface area contributed by atoms with Gasteiger partial charge in [-0.1, -0.05) is 0 Å². The number of carbonyl (C=O) groups is 1. The van der Waals surface area contributed by atoms with Gasteiger partial charge in [0.25, 0.3) is 0 Å². The van der Waals surface area contributed by atoms with Crippen LogP contribution >= 0.6 is 0 Å². The van der Waals surface area contributed by atoms with Gasteiger partial charge in [0.1, 0.15) is 6.61 Å². The van der Waals surface area contributed by atoms with E-state index in [2.05, 4.69) is 5.32 Å². The molecule has 1 aliphatic rings. The quantitative estimate of drug-likeness (QED) is 0.622. The summed E-state index contributed by atoms with van der Waals surface area (Å²) in [7, 11) is 0. The van der Waals surface area contributed by atoms with Crippen molar-refractivity contribution in [2.75, 3.05) is 46.0 Å². The number of hydrogen-bond donors (Lipinski definition) is 1. The fourth-order valence-electron chi connectivity index (χ4n) is 1.68. The fraction of sp³-hybridized carbons (Fsp3) is 0.917. The van der Waals surface area contributed by atoms with Crippen molar-refractivity contribution in [1.82, 2.24) is 10.2 Å². The number of amides is 1. The smallest absolute Gasteiger partial charge is 0.248 e. The van der Waals surface area contributed by atoms with E-state index < -0.39 is 0 Å². The Morgan fingerprint density at radius 3 is 2.59 bits per heavy atom. The molecule has 17 heavy (non-hydrogen) atoms. The molecule has 1 aliphatic heterocycles. The highest BCUT2D eigenvalue weighted by Crippen LogP contribution is 2.14. The first-order valence-electron chi connectivity index (χ1n) is 6.31. The average Bonchev–Trinajstić information content (AvgIpc) is 2.29. The highest BCUT2D eigenvalue weighted by atomic mass is 16.5. The summed E-state index contributed by atoms with van der Waals surface area (Å²) < 4.78 is 10.9. The van der Waals surface area contributed by atoms with Gasteiger partial charge in [0.15, 0.2) is 0 Å². The Morgan fingerprint density at radius 1 is 1.41 bits per heavy atom. The molecule has 0 saturated carbocycles. The van der Waals surface area contributed by atoms with Crippen LogP contribution in [0.1, 0.15) is 20.8 Å². The van der Waals surface area contributed by atoms with Gasteiger partial charge in [0, 0.05) is 32.8 Å². The van der Waals surface area contributed by atoms with E-state index in [0.29, 0.717) is 26.3 Å². The third-order valence-electron chi connectivity index (χ3n) is 2.99. The zero-order chi connectivity index (χ0) is 12.7. The molecule has 5 heteroatoms. The van der Waals surface area contributed by atoms with Gasteiger partial charge in [-0.05, 0) is 20.8 Å². The predicted octanol–water partition coefficient (Wildman–Crippen LogP) is 0.250. The highest BCUT2D eigenvalue weighted by molar-refractivity contribution is 5.77. The third-order valence-corrected chi connectivity index (χ3v) is 2.99. The Labute approximate surface area is 103 Å². The van der Waals surface area contributed by atoms with Crippen molar-refractivity contribution >= 4 is 5.91 Å². The summed E-state index contributed by atoms with van der Waals surface area (Å²) in [5.74, 6) is 0.0420. The highest BCUT2D eigenvalue weighted by Gasteiger charge is 2.33. The summed E-state index contributed by atoms with van der Waals surface area (Å²) in [6.07, 6.45) is 0. The van der Waals surface area contributed by atoms with Crippen molar-refractivity contribution in [3.05, 3.63) is 0 Å². The van der Waals surface area contributed by atoms with Gasteiger partial charge >= 0.3 is 0 Å². The lowest BCUT2D eigenvalue weighted by molar-refractivity contribution is -0.146. The Morgan fingerprint density at radius 2 is 2.12 bits per heavy atom. The summed E-state index contributed by atoms with van der Waals surface area (Å²) in [5.41, 5.74) is -0.158. The van der Waals surface area contributed by atoms with Crippen LogP contribution < -0.4 is 5.32 Å². The van der Waals surface area contributed by atoms with Crippen LogP contribution in [-0.4, -0.2) is 62.4 Å². The van der Waals surface area contributed by atoms with Crippen molar-refractivity contribution in [1.29, 1.82) is 0 Å². The molecule has 0 aliphatic carbocycles. The van der Waals surface area contributed by atoms with E-state index >= 15 is 0 Å². The van der Waals surface area contributed by atoms with Crippen molar-refractivity contribution in [3.63, 3.8) is 0 Å². The molecular formula is C12H24N2O3. The van der Waals surface area contributed by atoms with Crippen molar-refractivity contribution < 1.29 is 14.3 Å². The number of nitrogens with one attached hydrogen (secondary N) is 1. The minimum absolute atomic E-state index is 0.0420. The molecule has 0 aromatic heterocycles. The Balaban J connectivity index is 2.23. The number of nitrogens with zero attached hydrogens (tertiary/aromatic N) is 1. The third kappa shape index (κ3) is 4.61. The lowest BCUT2D eigenvalue weighted by Crippen LogP contribution is -2.59. The number of rotatable bonds is 8. The van der Waals surface area contributed by atoms with Crippen molar-refractivity contribution in [3.8, 4) is 0 Å². The summed E-state index contributed by atoms with van der Waals surface area (Å²) in [6, 6.07) is 0. The minimum atomic E-state index is -0.158.